The van der Waals surface area contributed by atoms with Crippen LogP contribution in [0.25, 0.3) is 0 Å². The first kappa shape index (κ1) is 13.0. The van der Waals surface area contributed by atoms with E-state index < -0.39 is 5.82 Å². The standard InChI is InChI=1S/C11H13BrFNO2/c1-2-14(6-5-12)11(16)9-4-3-8(13)7-10(9)15/h3-4,7,15H,2,5-6H2,1H3. The molecule has 0 saturated carbocycles. The highest BCUT2D eigenvalue weighted by Crippen LogP contribution is 2.19. The van der Waals surface area contributed by atoms with E-state index in [9.17, 15) is 14.3 Å². The first-order valence-electron chi connectivity index (χ1n) is 4.94. The first-order chi connectivity index (χ1) is 7.60. The van der Waals surface area contributed by atoms with Gasteiger partial charge in [-0.05, 0) is 19.1 Å². The van der Waals surface area contributed by atoms with E-state index in [-0.39, 0.29) is 17.2 Å². The number of phenolic OH excluding ortho intramolecular Hbond substituents is 1. The average molecular weight is 290 g/mol. The van der Waals surface area contributed by atoms with Gasteiger partial charge in [0.1, 0.15) is 11.6 Å². The average Bonchev–Trinajstić information content (AvgIpc) is 2.25. The molecule has 88 valence electrons. The first-order valence-corrected chi connectivity index (χ1v) is 6.06. The number of alkyl halides is 1. The molecule has 0 radical (unpaired) electrons. The quantitative estimate of drug-likeness (QED) is 0.865. The molecule has 0 aliphatic carbocycles. The number of aromatic hydroxyl groups is 1. The molecule has 0 saturated heterocycles. The van der Waals surface area contributed by atoms with E-state index in [1.807, 2.05) is 6.92 Å². The number of hydrogen-bond acceptors (Lipinski definition) is 2. The minimum Gasteiger partial charge on any atom is -0.507 e. The molecule has 0 aromatic heterocycles. The second-order valence-electron chi connectivity index (χ2n) is 3.24. The Kier molecular flexibility index (Phi) is 4.73. The van der Waals surface area contributed by atoms with Crippen molar-refractivity contribution in [2.45, 2.75) is 6.92 Å². The van der Waals surface area contributed by atoms with Crippen molar-refractivity contribution in [3.8, 4) is 5.75 Å². The fourth-order valence-electron chi connectivity index (χ4n) is 1.36. The minimum atomic E-state index is -0.558. The lowest BCUT2D eigenvalue weighted by Crippen LogP contribution is -2.32. The van der Waals surface area contributed by atoms with E-state index >= 15 is 0 Å². The molecule has 1 aromatic rings. The molecule has 5 heteroatoms. The van der Waals surface area contributed by atoms with Crippen LogP contribution in [0, 0.1) is 5.82 Å². The van der Waals surface area contributed by atoms with Gasteiger partial charge in [-0.1, -0.05) is 15.9 Å². The van der Waals surface area contributed by atoms with Gasteiger partial charge in [0, 0.05) is 24.5 Å². The fraction of sp³-hybridized carbons (Fsp3) is 0.364. The molecule has 3 nitrogen and oxygen atoms in total. The molecule has 1 aromatic carbocycles. The van der Waals surface area contributed by atoms with E-state index in [2.05, 4.69) is 15.9 Å². The number of carbonyl (C=O) groups is 1. The fourth-order valence-corrected chi connectivity index (χ4v) is 1.79. The Hall–Kier alpha value is -1.10. The molecule has 0 heterocycles. The summed E-state index contributed by atoms with van der Waals surface area (Å²) < 4.78 is 12.7. The Morgan fingerprint density at radius 2 is 2.25 bits per heavy atom. The minimum absolute atomic E-state index is 0.129. The van der Waals surface area contributed by atoms with E-state index in [0.29, 0.717) is 18.4 Å². The third-order valence-electron chi connectivity index (χ3n) is 2.21. The summed E-state index contributed by atoms with van der Waals surface area (Å²) in [4.78, 5) is 13.5. The zero-order valence-corrected chi connectivity index (χ0v) is 10.5. The molecule has 0 aliphatic rings. The lowest BCUT2D eigenvalue weighted by molar-refractivity contribution is 0.0772. The number of carbonyl (C=O) groups excluding carboxylic acids is 1. The van der Waals surface area contributed by atoms with Gasteiger partial charge in [0.05, 0.1) is 5.56 Å². The van der Waals surface area contributed by atoms with Crippen molar-refractivity contribution < 1.29 is 14.3 Å². The second kappa shape index (κ2) is 5.84. The van der Waals surface area contributed by atoms with Gasteiger partial charge in [0.15, 0.2) is 0 Å². The maximum atomic E-state index is 12.7. The topological polar surface area (TPSA) is 40.5 Å². The maximum Gasteiger partial charge on any atom is 0.257 e. The summed E-state index contributed by atoms with van der Waals surface area (Å²) >= 11 is 3.25. The number of phenols is 1. The van der Waals surface area contributed by atoms with Crippen molar-refractivity contribution in [1.82, 2.24) is 4.90 Å². The van der Waals surface area contributed by atoms with Gasteiger partial charge < -0.3 is 10.0 Å². The summed E-state index contributed by atoms with van der Waals surface area (Å²) in [6.07, 6.45) is 0. The molecule has 16 heavy (non-hydrogen) atoms. The number of nitrogens with zero attached hydrogens (tertiary/aromatic N) is 1. The Balaban J connectivity index is 2.94. The molecule has 0 unspecified atom stereocenters. The summed E-state index contributed by atoms with van der Waals surface area (Å²) in [5.41, 5.74) is 0.129. The summed E-state index contributed by atoms with van der Waals surface area (Å²) in [6, 6.07) is 3.40. The predicted octanol–water partition coefficient (Wildman–Crippen LogP) is 2.39. The summed E-state index contributed by atoms with van der Waals surface area (Å²) in [6.45, 7) is 2.94. The van der Waals surface area contributed by atoms with E-state index in [1.54, 1.807) is 4.90 Å². The lowest BCUT2D eigenvalue weighted by atomic mass is 10.1. The third kappa shape index (κ3) is 2.95. The number of hydrogen-bond donors (Lipinski definition) is 1. The second-order valence-corrected chi connectivity index (χ2v) is 4.03. The van der Waals surface area contributed by atoms with E-state index in [1.165, 1.54) is 6.07 Å². The van der Waals surface area contributed by atoms with Crippen LogP contribution in [0.1, 0.15) is 17.3 Å². The molecule has 0 spiro atoms. The molecule has 0 fully saturated rings. The van der Waals surface area contributed by atoms with Crippen LogP contribution < -0.4 is 0 Å². The van der Waals surface area contributed by atoms with Crippen molar-refractivity contribution in [3.05, 3.63) is 29.6 Å². The van der Waals surface area contributed by atoms with Gasteiger partial charge >= 0.3 is 0 Å². The van der Waals surface area contributed by atoms with Gasteiger partial charge in [-0.3, -0.25) is 4.79 Å². The number of halogens is 2. The summed E-state index contributed by atoms with van der Waals surface area (Å²) in [5.74, 6) is -1.17. The summed E-state index contributed by atoms with van der Waals surface area (Å²) in [5, 5.41) is 10.1. The van der Waals surface area contributed by atoms with Gasteiger partial charge in [0.2, 0.25) is 0 Å². The van der Waals surface area contributed by atoms with Gasteiger partial charge in [-0.2, -0.15) is 0 Å². The van der Waals surface area contributed by atoms with E-state index in [0.717, 1.165) is 12.1 Å². The van der Waals surface area contributed by atoms with E-state index in [4.69, 9.17) is 0 Å². The molecule has 0 aliphatic heterocycles. The number of amides is 1. The van der Waals surface area contributed by atoms with Crippen molar-refractivity contribution in [2.24, 2.45) is 0 Å². The highest BCUT2D eigenvalue weighted by molar-refractivity contribution is 9.09. The Morgan fingerprint density at radius 3 is 2.75 bits per heavy atom. The number of benzene rings is 1. The third-order valence-corrected chi connectivity index (χ3v) is 2.57. The molecule has 1 amide bonds. The highest BCUT2D eigenvalue weighted by atomic mass is 79.9. The summed E-state index contributed by atoms with van der Waals surface area (Å²) in [7, 11) is 0. The predicted molar refractivity (Wildman–Crippen MR) is 63.4 cm³/mol. The van der Waals surface area contributed by atoms with Crippen molar-refractivity contribution in [1.29, 1.82) is 0 Å². The van der Waals surface area contributed by atoms with Crippen LogP contribution in [-0.4, -0.2) is 34.3 Å². The molecule has 0 bridgehead atoms. The normalized spacial score (nSPS) is 10.2. The zero-order chi connectivity index (χ0) is 12.1. The molecule has 1 N–H and O–H groups in total. The van der Waals surface area contributed by atoms with Crippen LogP contribution in [0.2, 0.25) is 0 Å². The van der Waals surface area contributed by atoms with Gasteiger partial charge in [0.25, 0.3) is 5.91 Å². The SMILES string of the molecule is CCN(CCBr)C(=O)c1ccc(F)cc1O. The lowest BCUT2D eigenvalue weighted by Gasteiger charge is -2.20. The maximum absolute atomic E-state index is 12.7. The monoisotopic (exact) mass is 289 g/mol. The zero-order valence-electron chi connectivity index (χ0n) is 8.91. The van der Waals surface area contributed by atoms with Crippen LogP contribution in [-0.2, 0) is 0 Å². The highest BCUT2D eigenvalue weighted by Gasteiger charge is 2.17. The van der Waals surface area contributed by atoms with Gasteiger partial charge in [-0.15, -0.1) is 0 Å². The van der Waals surface area contributed by atoms with Crippen molar-refractivity contribution in [3.63, 3.8) is 0 Å². The van der Waals surface area contributed by atoms with Crippen molar-refractivity contribution in [2.75, 3.05) is 18.4 Å². The van der Waals surface area contributed by atoms with Crippen LogP contribution in [0.15, 0.2) is 18.2 Å². The Labute approximate surface area is 102 Å². The largest absolute Gasteiger partial charge is 0.507 e. The van der Waals surface area contributed by atoms with Crippen LogP contribution in [0.3, 0.4) is 0 Å². The van der Waals surface area contributed by atoms with Gasteiger partial charge in [-0.25, -0.2) is 4.39 Å². The smallest absolute Gasteiger partial charge is 0.257 e. The van der Waals surface area contributed by atoms with Crippen LogP contribution in [0.4, 0.5) is 4.39 Å². The molecular formula is C11H13BrFNO2. The molecule has 0 atom stereocenters. The Bertz CT molecular complexity index is 384. The number of rotatable bonds is 4. The van der Waals surface area contributed by atoms with Crippen LogP contribution in [0.5, 0.6) is 5.75 Å². The molecular weight excluding hydrogens is 277 g/mol. The van der Waals surface area contributed by atoms with Crippen LogP contribution >= 0.6 is 15.9 Å². The Morgan fingerprint density at radius 1 is 1.56 bits per heavy atom. The van der Waals surface area contributed by atoms with Crippen molar-refractivity contribution >= 4 is 21.8 Å². The molecule has 1 rings (SSSR count).